The van der Waals surface area contributed by atoms with Crippen molar-refractivity contribution >= 4 is 40.5 Å². The molecule has 0 saturated heterocycles. The zero-order valence-electron chi connectivity index (χ0n) is 14.6. The van der Waals surface area contributed by atoms with Crippen LogP contribution in [-0.2, 0) is 13.1 Å². The van der Waals surface area contributed by atoms with Crippen molar-refractivity contribution in [1.29, 1.82) is 0 Å². The third-order valence-electron chi connectivity index (χ3n) is 4.84. The molecule has 4 rings (SSSR count). The molecule has 27 heavy (non-hydrogen) atoms. The van der Waals surface area contributed by atoms with Gasteiger partial charge in [-0.15, -0.1) is 0 Å². The Morgan fingerprint density at radius 1 is 1.04 bits per heavy atom. The standard InChI is InChI=1S/C21H19Cl2N3S/c22-16-8-9-17(18(23)13-16)20-19-7-4-10-25(19)11-12-26(20)21(27)24-14-15-5-2-1-3-6-15/h1-10,13,20H,11-12,14H2,(H,24,27)/t20-/m1/s1. The first-order valence-corrected chi connectivity index (χ1v) is 9.98. The van der Waals surface area contributed by atoms with Gasteiger partial charge in [0.25, 0.3) is 0 Å². The summed E-state index contributed by atoms with van der Waals surface area (Å²) >= 11 is 18.4. The molecule has 1 aliphatic rings. The Labute approximate surface area is 174 Å². The molecule has 0 bridgehead atoms. The SMILES string of the molecule is S=C(NCc1ccccc1)N1CCn2cccc2[C@H]1c1ccc(Cl)cc1Cl. The summed E-state index contributed by atoms with van der Waals surface area (Å²) in [5.74, 6) is 0. The van der Waals surface area contributed by atoms with E-state index in [9.17, 15) is 0 Å². The Kier molecular flexibility index (Phi) is 5.39. The maximum atomic E-state index is 6.56. The Morgan fingerprint density at radius 2 is 1.85 bits per heavy atom. The second kappa shape index (κ2) is 7.93. The fourth-order valence-corrected chi connectivity index (χ4v) is 4.31. The predicted octanol–water partition coefficient (Wildman–Crippen LogP) is 5.27. The number of nitrogens with one attached hydrogen (secondary N) is 1. The maximum absolute atomic E-state index is 6.56. The summed E-state index contributed by atoms with van der Waals surface area (Å²) in [6, 6.07) is 20.1. The molecule has 0 spiro atoms. The Bertz CT molecular complexity index is 955. The van der Waals surface area contributed by atoms with Crippen molar-refractivity contribution in [2.75, 3.05) is 6.54 Å². The molecule has 1 N–H and O–H groups in total. The number of nitrogens with zero attached hydrogens (tertiary/aromatic N) is 2. The number of rotatable bonds is 3. The summed E-state index contributed by atoms with van der Waals surface area (Å²) in [6.07, 6.45) is 2.10. The minimum Gasteiger partial charge on any atom is -0.358 e. The Balaban J connectivity index is 1.63. The zero-order valence-corrected chi connectivity index (χ0v) is 16.9. The smallest absolute Gasteiger partial charge is 0.170 e. The number of hydrogen-bond donors (Lipinski definition) is 1. The van der Waals surface area contributed by atoms with Crippen LogP contribution in [0.15, 0.2) is 66.9 Å². The maximum Gasteiger partial charge on any atom is 0.170 e. The average molecular weight is 416 g/mol. The van der Waals surface area contributed by atoms with E-state index in [1.54, 1.807) is 6.07 Å². The number of hydrogen-bond acceptors (Lipinski definition) is 1. The first-order chi connectivity index (χ1) is 13.1. The van der Waals surface area contributed by atoms with Crippen molar-refractivity contribution in [2.24, 2.45) is 0 Å². The van der Waals surface area contributed by atoms with E-state index < -0.39 is 0 Å². The fourth-order valence-electron chi connectivity index (χ4n) is 3.53. The summed E-state index contributed by atoms with van der Waals surface area (Å²) in [7, 11) is 0. The highest BCUT2D eigenvalue weighted by atomic mass is 35.5. The third kappa shape index (κ3) is 3.84. The molecule has 0 amide bonds. The Morgan fingerprint density at radius 3 is 2.63 bits per heavy atom. The quantitative estimate of drug-likeness (QED) is 0.587. The van der Waals surface area contributed by atoms with Crippen LogP contribution in [0.25, 0.3) is 0 Å². The van der Waals surface area contributed by atoms with Gasteiger partial charge in [0.1, 0.15) is 0 Å². The van der Waals surface area contributed by atoms with E-state index in [2.05, 4.69) is 45.2 Å². The number of halogens is 2. The molecule has 0 radical (unpaired) electrons. The van der Waals surface area contributed by atoms with Crippen LogP contribution in [0.5, 0.6) is 0 Å². The highest BCUT2D eigenvalue weighted by Gasteiger charge is 2.31. The van der Waals surface area contributed by atoms with Gasteiger partial charge in [-0.3, -0.25) is 0 Å². The van der Waals surface area contributed by atoms with Crippen LogP contribution in [0, 0.1) is 0 Å². The van der Waals surface area contributed by atoms with Gasteiger partial charge in [-0.1, -0.05) is 59.6 Å². The number of thiocarbonyl (C=S) groups is 1. The van der Waals surface area contributed by atoms with E-state index in [4.69, 9.17) is 35.4 Å². The molecule has 0 unspecified atom stereocenters. The lowest BCUT2D eigenvalue weighted by Crippen LogP contribution is -2.47. The summed E-state index contributed by atoms with van der Waals surface area (Å²) in [4.78, 5) is 2.21. The van der Waals surface area contributed by atoms with E-state index in [0.29, 0.717) is 16.6 Å². The van der Waals surface area contributed by atoms with Crippen molar-refractivity contribution in [1.82, 2.24) is 14.8 Å². The van der Waals surface area contributed by atoms with Gasteiger partial charge in [0.15, 0.2) is 5.11 Å². The summed E-state index contributed by atoms with van der Waals surface area (Å²) in [5, 5.41) is 5.41. The van der Waals surface area contributed by atoms with Gasteiger partial charge in [0, 0.05) is 41.6 Å². The molecule has 1 atom stereocenters. The van der Waals surface area contributed by atoms with Gasteiger partial charge in [0.05, 0.1) is 6.04 Å². The van der Waals surface area contributed by atoms with Gasteiger partial charge in [0.2, 0.25) is 0 Å². The molecule has 3 aromatic rings. The van der Waals surface area contributed by atoms with E-state index in [1.807, 2.05) is 30.3 Å². The van der Waals surface area contributed by atoms with E-state index in [0.717, 1.165) is 23.8 Å². The monoisotopic (exact) mass is 415 g/mol. The average Bonchev–Trinajstić information content (AvgIpc) is 3.15. The van der Waals surface area contributed by atoms with Crippen LogP contribution in [-0.4, -0.2) is 21.1 Å². The lowest BCUT2D eigenvalue weighted by Gasteiger charge is -2.39. The van der Waals surface area contributed by atoms with Crippen molar-refractivity contribution in [3.8, 4) is 0 Å². The molecular formula is C21H19Cl2N3S. The van der Waals surface area contributed by atoms with Crippen molar-refractivity contribution in [3.05, 3.63) is 93.7 Å². The Hall–Kier alpha value is -2.01. The van der Waals surface area contributed by atoms with Crippen LogP contribution in [0.3, 0.4) is 0 Å². The van der Waals surface area contributed by atoms with E-state index >= 15 is 0 Å². The van der Waals surface area contributed by atoms with Crippen molar-refractivity contribution in [3.63, 3.8) is 0 Å². The van der Waals surface area contributed by atoms with Crippen LogP contribution >= 0.6 is 35.4 Å². The first-order valence-electron chi connectivity index (χ1n) is 8.82. The normalized spacial score (nSPS) is 16.1. The van der Waals surface area contributed by atoms with Gasteiger partial charge in [-0.25, -0.2) is 0 Å². The molecule has 2 aromatic carbocycles. The number of fused-ring (bicyclic) bond motifs is 1. The van der Waals surface area contributed by atoms with Gasteiger partial charge < -0.3 is 14.8 Å². The largest absolute Gasteiger partial charge is 0.358 e. The predicted molar refractivity (Wildman–Crippen MR) is 115 cm³/mol. The van der Waals surface area contributed by atoms with Crippen LogP contribution < -0.4 is 5.32 Å². The molecule has 6 heteroatoms. The van der Waals surface area contributed by atoms with Gasteiger partial charge >= 0.3 is 0 Å². The summed E-state index contributed by atoms with van der Waals surface area (Å²) in [6.45, 7) is 2.39. The topological polar surface area (TPSA) is 20.2 Å². The minimum absolute atomic E-state index is 0.0470. The fraction of sp³-hybridized carbons (Fsp3) is 0.190. The van der Waals surface area contributed by atoms with Crippen molar-refractivity contribution < 1.29 is 0 Å². The molecule has 2 heterocycles. The van der Waals surface area contributed by atoms with E-state index in [1.165, 1.54) is 11.3 Å². The van der Waals surface area contributed by atoms with Gasteiger partial charge in [-0.05, 0) is 47.6 Å². The second-order valence-electron chi connectivity index (χ2n) is 6.53. The summed E-state index contributed by atoms with van der Waals surface area (Å²) in [5.41, 5.74) is 3.38. The minimum atomic E-state index is -0.0470. The number of benzene rings is 2. The lowest BCUT2D eigenvalue weighted by atomic mass is 10.00. The molecular weight excluding hydrogens is 397 g/mol. The molecule has 0 fully saturated rings. The molecule has 0 saturated carbocycles. The lowest BCUT2D eigenvalue weighted by molar-refractivity contribution is 0.286. The van der Waals surface area contributed by atoms with Crippen LogP contribution in [0.2, 0.25) is 10.0 Å². The molecule has 138 valence electrons. The van der Waals surface area contributed by atoms with Crippen LogP contribution in [0.4, 0.5) is 0 Å². The molecule has 3 nitrogen and oxygen atoms in total. The molecule has 1 aromatic heterocycles. The zero-order chi connectivity index (χ0) is 18.8. The highest BCUT2D eigenvalue weighted by Crippen LogP contribution is 2.37. The highest BCUT2D eigenvalue weighted by molar-refractivity contribution is 7.80. The number of aromatic nitrogens is 1. The molecule has 0 aliphatic carbocycles. The van der Waals surface area contributed by atoms with Crippen LogP contribution in [0.1, 0.15) is 22.9 Å². The third-order valence-corrected chi connectivity index (χ3v) is 5.78. The second-order valence-corrected chi connectivity index (χ2v) is 7.76. The summed E-state index contributed by atoms with van der Waals surface area (Å²) < 4.78 is 2.26. The van der Waals surface area contributed by atoms with Gasteiger partial charge in [-0.2, -0.15) is 0 Å². The van der Waals surface area contributed by atoms with E-state index in [-0.39, 0.29) is 6.04 Å². The first kappa shape index (κ1) is 18.4. The molecule has 1 aliphatic heterocycles. The van der Waals surface area contributed by atoms with Crippen molar-refractivity contribution in [2.45, 2.75) is 19.1 Å².